The molecule has 1 unspecified atom stereocenters. The third kappa shape index (κ3) is 1.97. The van der Waals surface area contributed by atoms with Crippen LogP contribution in [-0.4, -0.2) is 0 Å². The number of allylic oxidation sites excluding steroid dienone is 1. The van der Waals surface area contributed by atoms with Crippen molar-refractivity contribution in [3.8, 4) is 0 Å². The van der Waals surface area contributed by atoms with E-state index in [1.807, 2.05) is 0 Å². The van der Waals surface area contributed by atoms with E-state index in [1.165, 1.54) is 12.0 Å². The smallest absolute Gasteiger partial charge is 0.00232 e. The summed E-state index contributed by atoms with van der Waals surface area (Å²) in [7, 11) is 0. The average molecular weight is 152 g/mol. The molecule has 0 aromatic heterocycles. The van der Waals surface area contributed by atoms with Crippen molar-refractivity contribution in [2.75, 3.05) is 0 Å². The Hall–Kier alpha value is -0.480. The standard InChI is InChI=1S/C11H20/c1-7-10(5)11(6,8-2)9(3)4/h9H,1,8H2,2-6H3. The van der Waals surface area contributed by atoms with Crippen LogP contribution in [0.25, 0.3) is 0 Å². The average Bonchev–Trinajstić information content (AvgIpc) is 2.01. The summed E-state index contributed by atoms with van der Waals surface area (Å²) in [4.78, 5) is 0. The molecule has 0 amide bonds. The lowest BCUT2D eigenvalue weighted by Crippen LogP contribution is -2.23. The van der Waals surface area contributed by atoms with E-state index in [2.05, 4.69) is 46.9 Å². The summed E-state index contributed by atoms with van der Waals surface area (Å²) in [6.07, 6.45) is 1.17. The first-order chi connectivity index (χ1) is 4.99. The molecule has 0 aliphatic heterocycles. The molecule has 0 bridgehead atoms. The molecule has 64 valence electrons. The van der Waals surface area contributed by atoms with Gasteiger partial charge in [0.15, 0.2) is 0 Å². The van der Waals surface area contributed by atoms with E-state index in [0.29, 0.717) is 11.3 Å². The van der Waals surface area contributed by atoms with Gasteiger partial charge in [0.2, 0.25) is 0 Å². The van der Waals surface area contributed by atoms with Crippen LogP contribution in [0, 0.1) is 11.3 Å². The topological polar surface area (TPSA) is 0 Å². The van der Waals surface area contributed by atoms with Crippen molar-refractivity contribution in [3.63, 3.8) is 0 Å². The molecule has 0 heteroatoms. The largest absolute Gasteiger partial charge is 0.129 e. The van der Waals surface area contributed by atoms with Gasteiger partial charge in [-0.15, -0.1) is 5.73 Å². The minimum absolute atomic E-state index is 0.293. The van der Waals surface area contributed by atoms with Gasteiger partial charge in [0.1, 0.15) is 0 Å². The lowest BCUT2D eigenvalue weighted by atomic mass is 9.72. The van der Waals surface area contributed by atoms with Crippen LogP contribution in [0.4, 0.5) is 0 Å². The zero-order chi connectivity index (χ0) is 9.07. The minimum atomic E-state index is 0.293. The van der Waals surface area contributed by atoms with Crippen molar-refractivity contribution in [1.82, 2.24) is 0 Å². The molecule has 0 rings (SSSR count). The van der Waals surface area contributed by atoms with Crippen LogP contribution >= 0.6 is 0 Å². The SMILES string of the molecule is C=C=C(C)C(C)(CC)C(C)C. The van der Waals surface area contributed by atoms with Gasteiger partial charge < -0.3 is 0 Å². The van der Waals surface area contributed by atoms with Crippen LogP contribution in [0.2, 0.25) is 0 Å². The molecular formula is C11H20. The fourth-order valence-electron chi connectivity index (χ4n) is 1.31. The van der Waals surface area contributed by atoms with Gasteiger partial charge in [0.25, 0.3) is 0 Å². The predicted molar refractivity (Wildman–Crippen MR) is 51.6 cm³/mol. The Labute approximate surface area is 71.0 Å². The van der Waals surface area contributed by atoms with Gasteiger partial charge in [-0.05, 0) is 30.3 Å². The van der Waals surface area contributed by atoms with Gasteiger partial charge in [-0.2, -0.15) is 0 Å². The highest BCUT2D eigenvalue weighted by Crippen LogP contribution is 2.37. The number of hydrogen-bond acceptors (Lipinski definition) is 0. The summed E-state index contributed by atoms with van der Waals surface area (Å²) < 4.78 is 0. The second-order valence-electron chi connectivity index (χ2n) is 3.73. The molecule has 0 aliphatic carbocycles. The van der Waals surface area contributed by atoms with Crippen molar-refractivity contribution in [1.29, 1.82) is 0 Å². The van der Waals surface area contributed by atoms with Gasteiger partial charge >= 0.3 is 0 Å². The summed E-state index contributed by atoms with van der Waals surface area (Å²) in [5, 5.41) is 0. The van der Waals surface area contributed by atoms with Gasteiger partial charge in [-0.25, -0.2) is 0 Å². The molecule has 0 saturated carbocycles. The maximum atomic E-state index is 3.70. The van der Waals surface area contributed by atoms with Crippen molar-refractivity contribution >= 4 is 0 Å². The lowest BCUT2D eigenvalue weighted by molar-refractivity contribution is 0.266. The third-order valence-electron chi connectivity index (χ3n) is 3.13. The van der Waals surface area contributed by atoms with Crippen molar-refractivity contribution < 1.29 is 0 Å². The molecule has 0 spiro atoms. The van der Waals surface area contributed by atoms with Crippen molar-refractivity contribution in [2.24, 2.45) is 11.3 Å². The molecule has 0 radical (unpaired) electrons. The highest BCUT2D eigenvalue weighted by molar-refractivity contribution is 5.09. The highest BCUT2D eigenvalue weighted by Gasteiger charge is 2.27. The van der Waals surface area contributed by atoms with E-state index in [-0.39, 0.29) is 0 Å². The highest BCUT2D eigenvalue weighted by atomic mass is 14.3. The van der Waals surface area contributed by atoms with Crippen LogP contribution in [0.15, 0.2) is 17.9 Å². The summed E-state index contributed by atoms with van der Waals surface area (Å²) in [5.74, 6) is 0.668. The second kappa shape index (κ2) is 3.78. The fourth-order valence-corrected chi connectivity index (χ4v) is 1.31. The molecule has 0 heterocycles. The summed E-state index contributed by atoms with van der Waals surface area (Å²) in [5.41, 5.74) is 4.58. The molecule has 0 saturated heterocycles. The van der Waals surface area contributed by atoms with Crippen molar-refractivity contribution in [2.45, 2.75) is 41.0 Å². The predicted octanol–water partition coefficient (Wildman–Crippen LogP) is 3.79. The van der Waals surface area contributed by atoms with E-state index in [4.69, 9.17) is 0 Å². The van der Waals surface area contributed by atoms with Crippen LogP contribution in [-0.2, 0) is 0 Å². The number of hydrogen-bond donors (Lipinski definition) is 0. The minimum Gasteiger partial charge on any atom is -0.129 e. The summed E-state index contributed by atoms with van der Waals surface area (Å²) in [6, 6.07) is 0. The molecule has 0 aromatic rings. The lowest BCUT2D eigenvalue weighted by Gasteiger charge is -2.32. The van der Waals surface area contributed by atoms with Crippen LogP contribution in [0.5, 0.6) is 0 Å². The van der Waals surface area contributed by atoms with E-state index < -0.39 is 0 Å². The third-order valence-corrected chi connectivity index (χ3v) is 3.13. The Morgan fingerprint density at radius 3 is 2.09 bits per heavy atom. The fraction of sp³-hybridized carbons (Fsp3) is 0.727. The Morgan fingerprint density at radius 1 is 1.55 bits per heavy atom. The Balaban J connectivity index is 4.74. The Morgan fingerprint density at radius 2 is 2.00 bits per heavy atom. The van der Waals surface area contributed by atoms with Gasteiger partial charge in [-0.3, -0.25) is 0 Å². The first-order valence-corrected chi connectivity index (χ1v) is 4.36. The Bertz CT molecular complexity index is 170. The first-order valence-electron chi connectivity index (χ1n) is 4.36. The maximum Gasteiger partial charge on any atom is -0.00232 e. The van der Waals surface area contributed by atoms with E-state index >= 15 is 0 Å². The maximum absolute atomic E-state index is 3.70. The second-order valence-corrected chi connectivity index (χ2v) is 3.73. The Kier molecular flexibility index (Phi) is 3.62. The van der Waals surface area contributed by atoms with Gasteiger partial charge in [0, 0.05) is 0 Å². The van der Waals surface area contributed by atoms with Crippen LogP contribution in [0.3, 0.4) is 0 Å². The molecule has 1 atom stereocenters. The molecule has 11 heavy (non-hydrogen) atoms. The zero-order valence-electron chi connectivity index (χ0n) is 8.49. The molecule has 0 N–H and O–H groups in total. The zero-order valence-corrected chi connectivity index (χ0v) is 8.49. The monoisotopic (exact) mass is 152 g/mol. The van der Waals surface area contributed by atoms with Crippen LogP contribution in [0.1, 0.15) is 41.0 Å². The normalized spacial score (nSPS) is 15.8. The quantitative estimate of drug-likeness (QED) is 0.540. The van der Waals surface area contributed by atoms with E-state index in [9.17, 15) is 0 Å². The molecule has 0 aliphatic rings. The molecule has 0 fully saturated rings. The van der Waals surface area contributed by atoms with E-state index in [0.717, 1.165) is 0 Å². The number of rotatable bonds is 3. The first kappa shape index (κ1) is 10.5. The van der Waals surface area contributed by atoms with Gasteiger partial charge in [-0.1, -0.05) is 34.3 Å². The van der Waals surface area contributed by atoms with Crippen LogP contribution < -0.4 is 0 Å². The van der Waals surface area contributed by atoms with Gasteiger partial charge in [0.05, 0.1) is 0 Å². The van der Waals surface area contributed by atoms with Crippen molar-refractivity contribution in [3.05, 3.63) is 17.9 Å². The van der Waals surface area contributed by atoms with E-state index in [1.54, 1.807) is 0 Å². The summed E-state index contributed by atoms with van der Waals surface area (Å²) >= 11 is 0. The molecular weight excluding hydrogens is 132 g/mol. The molecule has 0 nitrogen and oxygen atoms in total. The summed E-state index contributed by atoms with van der Waals surface area (Å²) in [6.45, 7) is 14.8. The molecule has 0 aromatic carbocycles.